The molecule has 0 heterocycles. The summed E-state index contributed by atoms with van der Waals surface area (Å²) in [5, 5.41) is 3.38. The minimum atomic E-state index is -0.352. The molecule has 4 nitrogen and oxygen atoms in total. The topological polar surface area (TPSA) is 49.4 Å². The monoisotopic (exact) mass is 378 g/mol. The first-order valence-corrected chi connectivity index (χ1v) is 8.83. The van der Waals surface area contributed by atoms with Crippen molar-refractivity contribution in [1.82, 2.24) is 4.90 Å². The van der Waals surface area contributed by atoms with Crippen LogP contribution in [0.15, 0.2) is 42.5 Å². The molecule has 132 valence electrons. The van der Waals surface area contributed by atoms with Gasteiger partial charge in [-0.1, -0.05) is 48.3 Å². The number of nitrogens with zero attached hydrogens (tertiary/aromatic N) is 1. The molecular weight excluding hydrogens is 359 g/mol. The van der Waals surface area contributed by atoms with Gasteiger partial charge in [0.25, 0.3) is 5.91 Å². The van der Waals surface area contributed by atoms with E-state index in [1.807, 2.05) is 19.1 Å². The number of amides is 2. The summed E-state index contributed by atoms with van der Waals surface area (Å²) in [6, 6.07) is 12.4. The van der Waals surface area contributed by atoms with E-state index < -0.39 is 0 Å². The number of rotatable bonds is 6. The van der Waals surface area contributed by atoms with Crippen LogP contribution in [0.2, 0.25) is 10.0 Å². The molecule has 2 amide bonds. The molecule has 2 aromatic rings. The maximum atomic E-state index is 12.6. The molecule has 0 fully saturated rings. The molecule has 0 saturated heterocycles. The Bertz CT molecular complexity index is 740. The third kappa shape index (κ3) is 4.97. The molecule has 0 bridgehead atoms. The number of carbonyl (C=O) groups is 2. The standard InChI is InChI=1S/C19H20Cl2N2O2/c1-3-13-8-10-14(11-9-13)19(25)23(4-2)12-17(24)22-18-15(20)6-5-7-16(18)21/h5-11H,3-4,12H2,1-2H3,(H,22,24). The maximum absolute atomic E-state index is 12.6. The van der Waals surface area contributed by atoms with Gasteiger partial charge in [-0.05, 0) is 43.2 Å². The Morgan fingerprint density at radius 2 is 1.60 bits per heavy atom. The fraction of sp³-hybridized carbons (Fsp3) is 0.263. The average molecular weight is 379 g/mol. The number of aryl methyl sites for hydroxylation is 1. The number of carbonyl (C=O) groups excluding carboxylic acids is 2. The second-order valence-electron chi connectivity index (χ2n) is 5.51. The average Bonchev–Trinajstić information content (AvgIpc) is 2.62. The van der Waals surface area contributed by atoms with Gasteiger partial charge in [0.1, 0.15) is 6.54 Å². The largest absolute Gasteiger partial charge is 0.330 e. The van der Waals surface area contributed by atoms with Gasteiger partial charge in [-0.3, -0.25) is 9.59 Å². The quantitative estimate of drug-likeness (QED) is 0.794. The first kappa shape index (κ1) is 19.3. The second-order valence-corrected chi connectivity index (χ2v) is 6.33. The van der Waals surface area contributed by atoms with Crippen molar-refractivity contribution in [2.24, 2.45) is 0 Å². The van der Waals surface area contributed by atoms with E-state index in [1.54, 1.807) is 30.3 Å². The summed E-state index contributed by atoms with van der Waals surface area (Å²) in [6.45, 7) is 4.22. The van der Waals surface area contributed by atoms with Crippen LogP contribution >= 0.6 is 23.2 Å². The van der Waals surface area contributed by atoms with Crippen molar-refractivity contribution < 1.29 is 9.59 Å². The zero-order chi connectivity index (χ0) is 18.4. The highest BCUT2D eigenvalue weighted by Crippen LogP contribution is 2.29. The van der Waals surface area contributed by atoms with Crippen LogP contribution in [-0.4, -0.2) is 29.8 Å². The van der Waals surface area contributed by atoms with Gasteiger partial charge >= 0.3 is 0 Å². The molecule has 0 unspecified atom stereocenters. The van der Waals surface area contributed by atoms with Gasteiger partial charge in [-0.2, -0.15) is 0 Å². The number of hydrogen-bond acceptors (Lipinski definition) is 2. The predicted octanol–water partition coefficient (Wildman–Crippen LogP) is 4.66. The van der Waals surface area contributed by atoms with Crippen molar-refractivity contribution in [3.05, 3.63) is 63.6 Å². The van der Waals surface area contributed by atoms with Gasteiger partial charge in [-0.25, -0.2) is 0 Å². The van der Waals surface area contributed by atoms with E-state index >= 15 is 0 Å². The van der Waals surface area contributed by atoms with Crippen molar-refractivity contribution in [1.29, 1.82) is 0 Å². The van der Waals surface area contributed by atoms with E-state index in [-0.39, 0.29) is 18.4 Å². The molecule has 6 heteroatoms. The van der Waals surface area contributed by atoms with Gasteiger partial charge in [0.15, 0.2) is 0 Å². The molecule has 2 aromatic carbocycles. The van der Waals surface area contributed by atoms with Crippen molar-refractivity contribution >= 4 is 40.7 Å². The summed E-state index contributed by atoms with van der Waals surface area (Å²) in [4.78, 5) is 26.4. The van der Waals surface area contributed by atoms with Gasteiger partial charge in [0.2, 0.25) is 5.91 Å². The molecule has 0 atom stereocenters. The Kier molecular flexibility index (Phi) is 6.85. The van der Waals surface area contributed by atoms with Crippen LogP contribution in [0.4, 0.5) is 5.69 Å². The molecule has 1 N–H and O–H groups in total. The van der Waals surface area contributed by atoms with Crippen LogP contribution < -0.4 is 5.32 Å². The smallest absolute Gasteiger partial charge is 0.254 e. The van der Waals surface area contributed by atoms with Crippen LogP contribution in [0.5, 0.6) is 0 Å². The van der Waals surface area contributed by atoms with E-state index in [0.717, 1.165) is 12.0 Å². The highest BCUT2D eigenvalue weighted by Gasteiger charge is 2.18. The molecule has 0 saturated carbocycles. The molecule has 0 aliphatic heterocycles. The first-order chi connectivity index (χ1) is 12.0. The zero-order valence-corrected chi connectivity index (χ0v) is 15.7. The Balaban J connectivity index is 2.07. The van der Waals surface area contributed by atoms with Crippen molar-refractivity contribution in [3.8, 4) is 0 Å². The van der Waals surface area contributed by atoms with E-state index in [4.69, 9.17) is 23.2 Å². The number of anilines is 1. The summed E-state index contributed by atoms with van der Waals surface area (Å²) < 4.78 is 0. The second kappa shape index (κ2) is 8.88. The normalized spacial score (nSPS) is 10.4. The number of nitrogens with one attached hydrogen (secondary N) is 1. The molecule has 25 heavy (non-hydrogen) atoms. The summed E-state index contributed by atoms with van der Waals surface area (Å²) in [5.41, 5.74) is 2.07. The summed E-state index contributed by atoms with van der Waals surface area (Å²) in [7, 11) is 0. The minimum absolute atomic E-state index is 0.0770. The molecule has 0 aromatic heterocycles. The summed E-state index contributed by atoms with van der Waals surface area (Å²) in [6.07, 6.45) is 0.910. The lowest BCUT2D eigenvalue weighted by molar-refractivity contribution is -0.116. The lowest BCUT2D eigenvalue weighted by atomic mass is 10.1. The van der Waals surface area contributed by atoms with Gasteiger partial charge in [-0.15, -0.1) is 0 Å². The Morgan fingerprint density at radius 3 is 2.12 bits per heavy atom. The Morgan fingerprint density at radius 1 is 1.00 bits per heavy atom. The number of benzene rings is 2. The number of hydrogen-bond donors (Lipinski definition) is 1. The van der Waals surface area contributed by atoms with Crippen LogP contribution in [0.25, 0.3) is 0 Å². The SMILES string of the molecule is CCc1ccc(C(=O)N(CC)CC(=O)Nc2c(Cl)cccc2Cl)cc1. The van der Waals surface area contributed by atoms with E-state index in [9.17, 15) is 9.59 Å². The molecule has 2 rings (SSSR count). The highest BCUT2D eigenvalue weighted by molar-refractivity contribution is 6.39. The van der Waals surface area contributed by atoms with Gasteiger partial charge < -0.3 is 10.2 Å². The molecular formula is C19H20Cl2N2O2. The fourth-order valence-electron chi connectivity index (χ4n) is 2.36. The summed E-state index contributed by atoms with van der Waals surface area (Å²) >= 11 is 12.1. The molecule has 0 aliphatic rings. The Hall–Kier alpha value is -2.04. The summed E-state index contributed by atoms with van der Waals surface area (Å²) in [5.74, 6) is -0.541. The van der Waals surface area contributed by atoms with Gasteiger partial charge in [0.05, 0.1) is 15.7 Å². The lowest BCUT2D eigenvalue weighted by Gasteiger charge is -2.21. The fourth-order valence-corrected chi connectivity index (χ4v) is 2.85. The third-order valence-electron chi connectivity index (χ3n) is 3.84. The van der Waals surface area contributed by atoms with Crippen molar-refractivity contribution in [2.75, 3.05) is 18.4 Å². The van der Waals surface area contributed by atoms with E-state index in [0.29, 0.717) is 27.8 Å². The number of likely N-dealkylation sites (N-methyl/N-ethyl adjacent to an activating group) is 1. The lowest BCUT2D eigenvalue weighted by Crippen LogP contribution is -2.37. The first-order valence-electron chi connectivity index (χ1n) is 8.08. The maximum Gasteiger partial charge on any atom is 0.254 e. The van der Waals surface area contributed by atoms with Crippen LogP contribution in [0.1, 0.15) is 29.8 Å². The van der Waals surface area contributed by atoms with Crippen LogP contribution in [0.3, 0.4) is 0 Å². The van der Waals surface area contributed by atoms with Crippen LogP contribution in [-0.2, 0) is 11.2 Å². The van der Waals surface area contributed by atoms with E-state index in [1.165, 1.54) is 4.90 Å². The molecule has 0 spiro atoms. The van der Waals surface area contributed by atoms with Crippen molar-refractivity contribution in [2.45, 2.75) is 20.3 Å². The highest BCUT2D eigenvalue weighted by atomic mass is 35.5. The number of halogens is 2. The zero-order valence-electron chi connectivity index (χ0n) is 14.2. The van der Waals surface area contributed by atoms with E-state index in [2.05, 4.69) is 12.2 Å². The van der Waals surface area contributed by atoms with Gasteiger partial charge in [0, 0.05) is 12.1 Å². The number of para-hydroxylation sites is 1. The third-order valence-corrected chi connectivity index (χ3v) is 4.47. The molecule has 0 radical (unpaired) electrons. The minimum Gasteiger partial charge on any atom is -0.330 e. The predicted molar refractivity (Wildman–Crippen MR) is 102 cm³/mol. The van der Waals surface area contributed by atoms with Crippen LogP contribution in [0, 0.1) is 0 Å². The Labute approximate surface area is 157 Å². The molecule has 0 aliphatic carbocycles. The van der Waals surface area contributed by atoms with Crippen molar-refractivity contribution in [3.63, 3.8) is 0 Å².